The number of carbonyl (C=O) groups excluding carboxylic acids is 1. The maximum absolute atomic E-state index is 10.4. The summed E-state index contributed by atoms with van der Waals surface area (Å²) in [6.07, 6.45) is 5.87. The maximum Gasteiger partial charge on any atom is 0.241 e. The van der Waals surface area contributed by atoms with Crippen molar-refractivity contribution in [3.63, 3.8) is 0 Å². The molecular weight excluding hydrogens is 152 g/mol. The minimum Gasteiger partial charge on any atom is -0.366 e. The van der Waals surface area contributed by atoms with Gasteiger partial charge in [-0.3, -0.25) is 4.79 Å². The average molecular weight is 168 g/mol. The quantitative estimate of drug-likeness (QED) is 0.584. The Hall–Kier alpha value is -0.830. The zero-order valence-corrected chi connectivity index (χ0v) is 7.42. The van der Waals surface area contributed by atoms with E-state index in [-0.39, 0.29) is 5.91 Å². The molecule has 0 aromatic rings. The van der Waals surface area contributed by atoms with Crippen molar-refractivity contribution in [2.75, 3.05) is 6.54 Å². The van der Waals surface area contributed by atoms with Crippen molar-refractivity contribution in [2.45, 2.75) is 25.8 Å². The highest BCUT2D eigenvalue weighted by Crippen LogP contribution is 2.18. The van der Waals surface area contributed by atoms with E-state index in [4.69, 9.17) is 5.73 Å². The second kappa shape index (κ2) is 4.26. The Labute approximate surface area is 73.0 Å². The number of amides is 1. The first-order chi connectivity index (χ1) is 5.68. The first-order valence-corrected chi connectivity index (χ1v) is 4.39. The van der Waals surface area contributed by atoms with Gasteiger partial charge in [0.25, 0.3) is 0 Å². The van der Waals surface area contributed by atoms with E-state index in [0.717, 1.165) is 12.6 Å². The summed E-state index contributed by atoms with van der Waals surface area (Å²) in [6.45, 7) is 3.00. The Bertz CT molecular complexity index is 185. The van der Waals surface area contributed by atoms with Gasteiger partial charge < -0.3 is 11.1 Å². The molecule has 1 aliphatic rings. The van der Waals surface area contributed by atoms with Crippen molar-refractivity contribution < 1.29 is 4.79 Å². The first-order valence-electron chi connectivity index (χ1n) is 4.39. The Balaban J connectivity index is 2.09. The standard InChI is InChI=1S/C9H16N2O/c1-7(2-5-9(10)12)6-11-8-3-4-8/h2,5,7-8,11H,3-4,6H2,1H3,(H2,10,12). The molecule has 1 aliphatic carbocycles. The second-order valence-electron chi connectivity index (χ2n) is 3.42. The van der Waals surface area contributed by atoms with Gasteiger partial charge in [0, 0.05) is 12.6 Å². The molecule has 0 spiro atoms. The number of rotatable bonds is 5. The fourth-order valence-corrected chi connectivity index (χ4v) is 0.967. The molecule has 1 unspecified atom stereocenters. The Morgan fingerprint density at radius 2 is 2.42 bits per heavy atom. The van der Waals surface area contributed by atoms with E-state index in [0.29, 0.717) is 5.92 Å². The summed E-state index contributed by atoms with van der Waals surface area (Å²) < 4.78 is 0. The Morgan fingerprint density at radius 1 is 1.75 bits per heavy atom. The molecule has 1 amide bonds. The molecule has 0 radical (unpaired) electrons. The van der Waals surface area contributed by atoms with Crippen LogP contribution in [0.15, 0.2) is 12.2 Å². The van der Waals surface area contributed by atoms with Gasteiger partial charge in [0.1, 0.15) is 0 Å². The number of nitrogens with two attached hydrogens (primary N) is 1. The van der Waals surface area contributed by atoms with Gasteiger partial charge in [-0.25, -0.2) is 0 Å². The van der Waals surface area contributed by atoms with Gasteiger partial charge in [-0.15, -0.1) is 0 Å². The van der Waals surface area contributed by atoms with Gasteiger partial charge in [-0.2, -0.15) is 0 Å². The minimum atomic E-state index is -0.367. The van der Waals surface area contributed by atoms with Gasteiger partial charge in [-0.1, -0.05) is 13.0 Å². The molecule has 0 saturated heterocycles. The largest absolute Gasteiger partial charge is 0.366 e. The second-order valence-corrected chi connectivity index (χ2v) is 3.42. The van der Waals surface area contributed by atoms with Gasteiger partial charge in [0.2, 0.25) is 5.91 Å². The lowest BCUT2D eigenvalue weighted by Crippen LogP contribution is -2.22. The molecule has 1 rings (SSSR count). The summed E-state index contributed by atoms with van der Waals surface area (Å²) in [5.41, 5.74) is 4.96. The van der Waals surface area contributed by atoms with Crippen LogP contribution < -0.4 is 11.1 Å². The molecule has 0 bridgehead atoms. The average Bonchev–Trinajstić information content (AvgIpc) is 2.80. The lowest BCUT2D eigenvalue weighted by Gasteiger charge is -2.05. The molecule has 0 aromatic carbocycles. The Kier molecular flexibility index (Phi) is 3.29. The summed E-state index contributed by atoms with van der Waals surface area (Å²) in [4.78, 5) is 10.4. The van der Waals surface area contributed by atoms with Gasteiger partial charge in [-0.05, 0) is 24.8 Å². The van der Waals surface area contributed by atoms with Crippen molar-refractivity contribution in [3.05, 3.63) is 12.2 Å². The monoisotopic (exact) mass is 168 g/mol. The maximum atomic E-state index is 10.4. The number of carbonyl (C=O) groups is 1. The molecular formula is C9H16N2O. The molecule has 0 heterocycles. The third-order valence-electron chi connectivity index (χ3n) is 1.89. The highest BCUT2D eigenvalue weighted by atomic mass is 16.1. The van der Waals surface area contributed by atoms with Gasteiger partial charge in [0.15, 0.2) is 0 Å². The van der Waals surface area contributed by atoms with Crippen LogP contribution in [0, 0.1) is 5.92 Å². The number of hydrogen-bond acceptors (Lipinski definition) is 2. The van der Waals surface area contributed by atoms with E-state index in [9.17, 15) is 4.79 Å². The van der Waals surface area contributed by atoms with E-state index in [1.165, 1.54) is 18.9 Å². The summed E-state index contributed by atoms with van der Waals surface area (Å²) in [5.74, 6) is 0.0198. The van der Waals surface area contributed by atoms with Crippen molar-refractivity contribution in [3.8, 4) is 0 Å². The normalized spacial score (nSPS) is 19.8. The molecule has 3 N–H and O–H groups in total. The van der Waals surface area contributed by atoms with Crippen molar-refractivity contribution in [2.24, 2.45) is 11.7 Å². The summed E-state index contributed by atoms with van der Waals surface area (Å²) in [6, 6.07) is 0.731. The van der Waals surface area contributed by atoms with E-state index in [2.05, 4.69) is 12.2 Å². The van der Waals surface area contributed by atoms with Crippen LogP contribution in [0.5, 0.6) is 0 Å². The van der Waals surface area contributed by atoms with Crippen LogP contribution in [-0.4, -0.2) is 18.5 Å². The lowest BCUT2D eigenvalue weighted by atomic mass is 10.1. The van der Waals surface area contributed by atoms with Crippen molar-refractivity contribution >= 4 is 5.91 Å². The predicted molar refractivity (Wildman–Crippen MR) is 48.5 cm³/mol. The predicted octanol–water partition coefficient (Wildman–Crippen LogP) is 0.416. The fraction of sp³-hybridized carbons (Fsp3) is 0.667. The molecule has 3 nitrogen and oxygen atoms in total. The van der Waals surface area contributed by atoms with E-state index in [1.54, 1.807) is 0 Å². The number of nitrogens with one attached hydrogen (secondary N) is 1. The van der Waals surface area contributed by atoms with Gasteiger partial charge >= 0.3 is 0 Å². The molecule has 0 aliphatic heterocycles. The van der Waals surface area contributed by atoms with Crippen LogP contribution in [0.2, 0.25) is 0 Å². The van der Waals surface area contributed by atoms with E-state index < -0.39 is 0 Å². The third-order valence-corrected chi connectivity index (χ3v) is 1.89. The SMILES string of the molecule is CC(C=CC(N)=O)CNC1CC1. The van der Waals surface area contributed by atoms with E-state index in [1.807, 2.05) is 6.08 Å². The lowest BCUT2D eigenvalue weighted by molar-refractivity contribution is -0.113. The number of primary amides is 1. The van der Waals surface area contributed by atoms with E-state index >= 15 is 0 Å². The third kappa shape index (κ3) is 4.13. The molecule has 12 heavy (non-hydrogen) atoms. The zero-order valence-electron chi connectivity index (χ0n) is 7.42. The molecule has 68 valence electrons. The summed E-state index contributed by atoms with van der Waals surface area (Å²) in [7, 11) is 0. The summed E-state index contributed by atoms with van der Waals surface area (Å²) >= 11 is 0. The Morgan fingerprint density at radius 3 is 2.92 bits per heavy atom. The molecule has 1 fully saturated rings. The smallest absolute Gasteiger partial charge is 0.241 e. The molecule has 3 heteroatoms. The molecule has 0 aromatic heterocycles. The summed E-state index contributed by atoms with van der Waals surface area (Å²) in [5, 5.41) is 3.38. The van der Waals surface area contributed by atoms with Crippen molar-refractivity contribution in [1.29, 1.82) is 0 Å². The van der Waals surface area contributed by atoms with Crippen LogP contribution in [0.3, 0.4) is 0 Å². The molecule has 1 atom stereocenters. The molecule has 1 saturated carbocycles. The number of hydrogen-bond donors (Lipinski definition) is 2. The van der Waals surface area contributed by atoms with Crippen LogP contribution >= 0.6 is 0 Å². The van der Waals surface area contributed by atoms with Crippen LogP contribution in [-0.2, 0) is 4.79 Å². The zero-order chi connectivity index (χ0) is 8.97. The topological polar surface area (TPSA) is 55.1 Å². The highest BCUT2D eigenvalue weighted by Gasteiger charge is 2.20. The van der Waals surface area contributed by atoms with Gasteiger partial charge in [0.05, 0.1) is 0 Å². The first kappa shape index (κ1) is 9.26. The van der Waals surface area contributed by atoms with Crippen LogP contribution in [0.25, 0.3) is 0 Å². The fourth-order valence-electron chi connectivity index (χ4n) is 0.967. The van der Waals surface area contributed by atoms with Crippen LogP contribution in [0.4, 0.5) is 0 Å². The highest BCUT2D eigenvalue weighted by molar-refractivity contribution is 5.85. The van der Waals surface area contributed by atoms with Crippen LogP contribution in [0.1, 0.15) is 19.8 Å². The van der Waals surface area contributed by atoms with Crippen molar-refractivity contribution in [1.82, 2.24) is 5.32 Å². The minimum absolute atomic E-state index is 0.367.